The summed E-state index contributed by atoms with van der Waals surface area (Å²) < 4.78 is 5.40. The molecule has 24 heavy (non-hydrogen) atoms. The molecule has 1 amide bonds. The molecular formula is C19H23N3O2. The van der Waals surface area contributed by atoms with E-state index in [2.05, 4.69) is 15.0 Å². The Morgan fingerprint density at radius 2 is 2.04 bits per heavy atom. The summed E-state index contributed by atoms with van der Waals surface area (Å²) in [5.41, 5.74) is 3.05. The number of carbonyl (C=O) groups is 1. The number of amides is 1. The molecule has 126 valence electrons. The maximum absolute atomic E-state index is 13.4. The summed E-state index contributed by atoms with van der Waals surface area (Å²) >= 11 is 0. The lowest BCUT2D eigenvalue weighted by Crippen LogP contribution is -2.46. The normalized spacial score (nSPS) is 26.8. The minimum absolute atomic E-state index is 0.159. The molecule has 3 fully saturated rings. The van der Waals surface area contributed by atoms with Gasteiger partial charge in [-0.25, -0.2) is 4.98 Å². The lowest BCUT2D eigenvalue weighted by atomic mass is 9.91. The third kappa shape index (κ3) is 2.17. The maximum Gasteiger partial charge on any atom is 0.259 e. The summed E-state index contributed by atoms with van der Waals surface area (Å²) in [5.74, 6) is 1.35. The van der Waals surface area contributed by atoms with E-state index in [1.54, 1.807) is 0 Å². The van der Waals surface area contributed by atoms with E-state index in [1.165, 1.54) is 19.3 Å². The Hall–Kier alpha value is -1.91. The van der Waals surface area contributed by atoms with Gasteiger partial charge < -0.3 is 9.42 Å². The van der Waals surface area contributed by atoms with E-state index >= 15 is 0 Å². The fourth-order valence-corrected chi connectivity index (χ4v) is 4.73. The first-order valence-corrected chi connectivity index (χ1v) is 9.30. The zero-order chi connectivity index (χ0) is 16.3. The van der Waals surface area contributed by atoms with Crippen molar-refractivity contribution in [3.05, 3.63) is 23.0 Å². The third-order valence-corrected chi connectivity index (χ3v) is 6.12. The molecule has 2 atom stereocenters. The van der Waals surface area contributed by atoms with E-state index in [4.69, 9.17) is 4.52 Å². The number of aromatic nitrogens is 2. The van der Waals surface area contributed by atoms with Crippen LogP contribution in [0.1, 0.15) is 72.6 Å². The molecule has 1 saturated heterocycles. The van der Waals surface area contributed by atoms with Gasteiger partial charge in [0.1, 0.15) is 0 Å². The summed E-state index contributed by atoms with van der Waals surface area (Å²) in [4.78, 5) is 20.2. The molecule has 5 rings (SSSR count). The van der Waals surface area contributed by atoms with Crippen molar-refractivity contribution in [2.24, 2.45) is 5.92 Å². The Bertz CT molecular complexity index is 808. The number of pyridine rings is 1. The first-order valence-electron chi connectivity index (χ1n) is 9.30. The largest absolute Gasteiger partial charge is 0.336 e. The van der Waals surface area contributed by atoms with Gasteiger partial charge in [0.2, 0.25) is 0 Å². The van der Waals surface area contributed by atoms with E-state index < -0.39 is 0 Å². The fraction of sp³-hybridized carbons (Fsp3) is 0.632. The van der Waals surface area contributed by atoms with Crippen LogP contribution in [0.15, 0.2) is 10.6 Å². The summed E-state index contributed by atoms with van der Waals surface area (Å²) in [7, 11) is 0. The highest BCUT2D eigenvalue weighted by molar-refractivity contribution is 6.06. The smallest absolute Gasteiger partial charge is 0.259 e. The molecule has 3 heterocycles. The standard InChI is InChI=1S/C19H23N3O2/c1-11-17-14(10-15(12-7-8-12)20-18(17)24-21-11)19(23)22-9-3-5-13-4-2-6-16(13)22/h10,12-13,16H,2-9H2,1H3/t13-,16-/m0/s1. The van der Waals surface area contributed by atoms with E-state index in [0.29, 0.717) is 23.6 Å². The van der Waals surface area contributed by atoms with Crippen LogP contribution in [0.2, 0.25) is 0 Å². The average Bonchev–Trinajstić information content (AvgIpc) is 3.23. The first kappa shape index (κ1) is 14.4. The highest BCUT2D eigenvalue weighted by Gasteiger charge is 2.39. The minimum atomic E-state index is 0.159. The van der Waals surface area contributed by atoms with Crippen LogP contribution in [0.5, 0.6) is 0 Å². The summed E-state index contributed by atoms with van der Waals surface area (Å²) in [6, 6.07) is 2.45. The van der Waals surface area contributed by atoms with Crippen molar-refractivity contribution < 1.29 is 9.32 Å². The van der Waals surface area contributed by atoms with Crippen molar-refractivity contribution in [1.29, 1.82) is 0 Å². The molecule has 1 aliphatic heterocycles. The maximum atomic E-state index is 13.4. The molecule has 0 N–H and O–H groups in total. The van der Waals surface area contributed by atoms with Crippen LogP contribution in [0.3, 0.4) is 0 Å². The van der Waals surface area contributed by atoms with Gasteiger partial charge in [-0.1, -0.05) is 11.6 Å². The SMILES string of the molecule is Cc1noc2nc(C3CC3)cc(C(=O)N3CCC[C@@H]4CCC[C@@H]43)c12. The van der Waals surface area contributed by atoms with Crippen LogP contribution >= 0.6 is 0 Å². The van der Waals surface area contributed by atoms with E-state index in [0.717, 1.165) is 54.6 Å². The van der Waals surface area contributed by atoms with Gasteiger partial charge in [-0.2, -0.15) is 0 Å². The van der Waals surface area contributed by atoms with Crippen molar-refractivity contribution in [1.82, 2.24) is 15.0 Å². The fourth-order valence-electron chi connectivity index (χ4n) is 4.73. The molecule has 2 aromatic rings. The predicted molar refractivity (Wildman–Crippen MR) is 89.9 cm³/mol. The van der Waals surface area contributed by atoms with Gasteiger partial charge in [0, 0.05) is 24.2 Å². The monoisotopic (exact) mass is 325 g/mol. The number of nitrogens with zero attached hydrogens (tertiary/aromatic N) is 3. The van der Waals surface area contributed by atoms with Gasteiger partial charge in [0.25, 0.3) is 11.6 Å². The second-order valence-electron chi connectivity index (χ2n) is 7.72. The van der Waals surface area contributed by atoms with Crippen molar-refractivity contribution >= 4 is 17.0 Å². The number of fused-ring (bicyclic) bond motifs is 2. The number of carbonyl (C=O) groups excluding carboxylic acids is 1. The Morgan fingerprint density at radius 1 is 1.21 bits per heavy atom. The Balaban J connectivity index is 1.59. The molecule has 5 heteroatoms. The number of hydrogen-bond acceptors (Lipinski definition) is 4. The molecule has 0 bridgehead atoms. The third-order valence-electron chi connectivity index (χ3n) is 6.12. The van der Waals surface area contributed by atoms with Crippen molar-refractivity contribution in [2.75, 3.05) is 6.54 Å². The van der Waals surface area contributed by atoms with Gasteiger partial charge in [-0.05, 0) is 57.4 Å². The molecule has 5 nitrogen and oxygen atoms in total. The Morgan fingerprint density at radius 3 is 2.88 bits per heavy atom. The zero-order valence-corrected chi connectivity index (χ0v) is 14.1. The number of piperidine rings is 1. The molecule has 0 radical (unpaired) electrons. The van der Waals surface area contributed by atoms with E-state index in [9.17, 15) is 4.79 Å². The van der Waals surface area contributed by atoms with Crippen molar-refractivity contribution in [3.63, 3.8) is 0 Å². The Labute approximate surface area is 141 Å². The second kappa shape index (κ2) is 5.30. The summed E-state index contributed by atoms with van der Waals surface area (Å²) in [6.07, 6.45) is 8.41. The van der Waals surface area contributed by atoms with Gasteiger partial charge in [0.15, 0.2) is 0 Å². The number of likely N-dealkylation sites (tertiary alicyclic amines) is 1. The molecule has 2 saturated carbocycles. The van der Waals surface area contributed by atoms with Crippen LogP contribution < -0.4 is 0 Å². The molecule has 3 aliphatic rings. The summed E-state index contributed by atoms with van der Waals surface area (Å²) in [5, 5.41) is 4.87. The number of rotatable bonds is 2. The number of hydrogen-bond donors (Lipinski definition) is 0. The quantitative estimate of drug-likeness (QED) is 0.842. The lowest BCUT2D eigenvalue weighted by Gasteiger charge is -2.38. The first-order chi connectivity index (χ1) is 11.7. The number of aryl methyl sites for hydroxylation is 1. The minimum Gasteiger partial charge on any atom is -0.336 e. The predicted octanol–water partition coefficient (Wildman–Crippen LogP) is 3.81. The lowest BCUT2D eigenvalue weighted by molar-refractivity contribution is 0.0550. The highest BCUT2D eigenvalue weighted by atomic mass is 16.5. The molecule has 2 aromatic heterocycles. The second-order valence-corrected chi connectivity index (χ2v) is 7.72. The molecule has 0 spiro atoms. The van der Waals surface area contributed by atoms with Gasteiger partial charge in [-0.15, -0.1) is 0 Å². The van der Waals surface area contributed by atoms with Gasteiger partial charge in [-0.3, -0.25) is 4.79 Å². The van der Waals surface area contributed by atoms with E-state index in [-0.39, 0.29) is 5.91 Å². The molecular weight excluding hydrogens is 302 g/mol. The summed E-state index contributed by atoms with van der Waals surface area (Å²) in [6.45, 7) is 2.78. The van der Waals surface area contributed by atoms with Gasteiger partial charge >= 0.3 is 0 Å². The van der Waals surface area contributed by atoms with Gasteiger partial charge in [0.05, 0.1) is 16.6 Å². The van der Waals surface area contributed by atoms with Crippen molar-refractivity contribution in [2.45, 2.75) is 63.8 Å². The van der Waals surface area contributed by atoms with Crippen LogP contribution in [-0.2, 0) is 0 Å². The zero-order valence-electron chi connectivity index (χ0n) is 14.1. The van der Waals surface area contributed by atoms with Crippen molar-refractivity contribution in [3.8, 4) is 0 Å². The van der Waals surface area contributed by atoms with Crippen LogP contribution in [-0.4, -0.2) is 33.5 Å². The average molecular weight is 325 g/mol. The van der Waals surface area contributed by atoms with E-state index in [1.807, 2.05) is 13.0 Å². The van der Waals surface area contributed by atoms with Crippen LogP contribution in [0, 0.1) is 12.8 Å². The Kier molecular flexibility index (Phi) is 3.19. The van der Waals surface area contributed by atoms with Crippen LogP contribution in [0.4, 0.5) is 0 Å². The molecule has 2 aliphatic carbocycles. The van der Waals surface area contributed by atoms with Crippen LogP contribution in [0.25, 0.3) is 11.1 Å². The topological polar surface area (TPSA) is 59.2 Å². The molecule has 0 aromatic carbocycles. The molecule has 0 unspecified atom stereocenters. The highest BCUT2D eigenvalue weighted by Crippen LogP contribution is 2.42.